The molecule has 0 aliphatic heterocycles. The lowest BCUT2D eigenvalue weighted by Crippen LogP contribution is -2.60. The Morgan fingerprint density at radius 1 is 0.931 bits per heavy atom. The van der Waals surface area contributed by atoms with E-state index in [4.69, 9.17) is 4.43 Å². The fourth-order valence-electron chi connectivity index (χ4n) is 8.24. The zero-order valence-electron chi connectivity index (χ0n) is 20.4. The fourth-order valence-corrected chi connectivity index (χ4v) is 9.72. The number of ketones is 1. The van der Waals surface area contributed by atoms with Gasteiger partial charge < -0.3 is 4.43 Å². The van der Waals surface area contributed by atoms with E-state index in [9.17, 15) is 4.79 Å². The highest BCUT2D eigenvalue weighted by Gasteiger charge is 2.61. The molecule has 0 radical (unpaired) electrons. The molecular formula is C26H46O2Si. The second-order valence-corrected chi connectivity index (χ2v) is 18.2. The molecule has 29 heavy (non-hydrogen) atoms. The lowest BCUT2D eigenvalue weighted by molar-refractivity contribution is -0.165. The molecule has 0 heterocycles. The van der Waals surface area contributed by atoms with Crippen LogP contribution in [0.25, 0.3) is 0 Å². The first-order valence-corrected chi connectivity index (χ1v) is 15.4. The van der Waals surface area contributed by atoms with Crippen molar-refractivity contribution in [3.8, 4) is 0 Å². The molecule has 0 amide bonds. The second kappa shape index (κ2) is 6.92. The van der Waals surface area contributed by atoms with Crippen molar-refractivity contribution in [3.63, 3.8) is 0 Å². The monoisotopic (exact) mass is 418 g/mol. The van der Waals surface area contributed by atoms with E-state index in [0.29, 0.717) is 29.1 Å². The number of carbonyl (C=O) groups is 1. The molecule has 2 nitrogen and oxygen atoms in total. The molecule has 4 aliphatic carbocycles. The highest BCUT2D eigenvalue weighted by Crippen LogP contribution is 2.66. The predicted octanol–water partition coefficient (Wildman–Crippen LogP) is 7.23. The minimum Gasteiger partial charge on any atom is -0.413 e. The molecular weight excluding hydrogens is 372 g/mol. The average Bonchev–Trinajstić information content (AvgIpc) is 2.98. The van der Waals surface area contributed by atoms with Crippen molar-refractivity contribution in [2.45, 2.75) is 117 Å². The van der Waals surface area contributed by atoms with E-state index in [0.717, 1.165) is 24.2 Å². The number of Topliss-reactive ketones (excluding diaryl/α,β-unsaturated/α-hetero) is 1. The van der Waals surface area contributed by atoms with Crippen molar-refractivity contribution < 1.29 is 9.22 Å². The summed E-state index contributed by atoms with van der Waals surface area (Å²) in [5.74, 6) is 4.13. The van der Waals surface area contributed by atoms with Crippen LogP contribution in [-0.4, -0.2) is 20.2 Å². The molecule has 7 atom stereocenters. The minimum atomic E-state index is -1.76. The maximum Gasteiger partial charge on any atom is 0.192 e. The molecule has 4 aliphatic rings. The van der Waals surface area contributed by atoms with Gasteiger partial charge in [-0.05, 0) is 97.6 Å². The molecule has 0 aromatic rings. The van der Waals surface area contributed by atoms with Crippen molar-refractivity contribution >= 4 is 14.1 Å². The molecule has 166 valence electrons. The Labute approximate surface area is 181 Å². The normalized spacial score (nSPS) is 44.8. The number of hydrogen-bond acceptors (Lipinski definition) is 2. The van der Waals surface area contributed by atoms with Gasteiger partial charge in [-0.25, -0.2) is 0 Å². The predicted molar refractivity (Wildman–Crippen MR) is 123 cm³/mol. The molecule has 4 saturated carbocycles. The van der Waals surface area contributed by atoms with Crippen LogP contribution in [0.3, 0.4) is 0 Å². The van der Waals surface area contributed by atoms with Crippen LogP contribution in [-0.2, 0) is 9.22 Å². The van der Waals surface area contributed by atoms with Gasteiger partial charge in [0.05, 0.1) is 6.10 Å². The van der Waals surface area contributed by atoms with Crippen molar-refractivity contribution in [1.29, 1.82) is 0 Å². The van der Waals surface area contributed by atoms with Gasteiger partial charge in [0, 0.05) is 12.3 Å². The molecule has 0 spiro atoms. The van der Waals surface area contributed by atoms with E-state index in [1.54, 1.807) is 0 Å². The first kappa shape index (κ1) is 22.1. The van der Waals surface area contributed by atoms with Gasteiger partial charge in [-0.2, -0.15) is 0 Å². The van der Waals surface area contributed by atoms with E-state index < -0.39 is 8.32 Å². The third kappa shape index (κ3) is 3.32. The highest BCUT2D eigenvalue weighted by atomic mass is 28.4. The van der Waals surface area contributed by atoms with E-state index in [1.165, 1.54) is 44.9 Å². The highest BCUT2D eigenvalue weighted by molar-refractivity contribution is 6.74. The van der Waals surface area contributed by atoms with Crippen molar-refractivity contribution in [3.05, 3.63) is 0 Å². The lowest BCUT2D eigenvalue weighted by Gasteiger charge is -2.64. The van der Waals surface area contributed by atoms with Gasteiger partial charge in [0.1, 0.15) is 5.78 Å². The summed E-state index contributed by atoms with van der Waals surface area (Å²) in [6.45, 7) is 19.6. The number of fused-ring (bicyclic) bond motifs is 5. The van der Waals surface area contributed by atoms with Crippen LogP contribution in [0.4, 0.5) is 0 Å². The Balaban J connectivity index is 1.57. The molecule has 0 aromatic heterocycles. The molecule has 0 bridgehead atoms. The van der Waals surface area contributed by atoms with Crippen LogP contribution >= 0.6 is 0 Å². The van der Waals surface area contributed by atoms with Crippen LogP contribution in [0.1, 0.15) is 92.9 Å². The van der Waals surface area contributed by atoms with Crippen molar-refractivity contribution in [2.75, 3.05) is 0 Å². The number of carbonyl (C=O) groups excluding carboxylic acids is 1. The third-order valence-electron chi connectivity index (χ3n) is 10.9. The van der Waals surface area contributed by atoms with Crippen LogP contribution in [0, 0.1) is 40.4 Å². The molecule has 0 N–H and O–H groups in total. The summed E-state index contributed by atoms with van der Waals surface area (Å²) in [4.78, 5) is 12.4. The fraction of sp³-hybridized carbons (Fsp3) is 0.962. The quantitative estimate of drug-likeness (QED) is 0.442. The summed E-state index contributed by atoms with van der Waals surface area (Å²) >= 11 is 0. The van der Waals surface area contributed by atoms with Crippen LogP contribution in [0.2, 0.25) is 18.1 Å². The van der Waals surface area contributed by atoms with E-state index in [1.807, 2.05) is 0 Å². The van der Waals surface area contributed by atoms with Gasteiger partial charge in [-0.15, -0.1) is 0 Å². The standard InChI is InChI=1S/C26H46O2Si/c1-24(2,3)29(7,8)28-23-15-16-26(6)20-12-9-19-17(10-13-21(19)27)18(20)11-14-22(26)25(23,4)5/h17-20,22-23H,9-16H2,1-8H3/t17-,18-,19+,20-,22-,23-,26+/m0/s1. The van der Waals surface area contributed by atoms with Gasteiger partial charge >= 0.3 is 0 Å². The van der Waals surface area contributed by atoms with Crippen LogP contribution in [0.5, 0.6) is 0 Å². The number of hydrogen-bond donors (Lipinski definition) is 0. The van der Waals surface area contributed by atoms with E-state index >= 15 is 0 Å². The van der Waals surface area contributed by atoms with E-state index in [2.05, 4.69) is 54.6 Å². The van der Waals surface area contributed by atoms with E-state index in [-0.39, 0.29) is 10.5 Å². The van der Waals surface area contributed by atoms with Gasteiger partial charge in [-0.3, -0.25) is 4.79 Å². The zero-order valence-corrected chi connectivity index (χ0v) is 21.4. The maximum atomic E-state index is 12.4. The van der Waals surface area contributed by atoms with Gasteiger partial charge in [-0.1, -0.05) is 41.5 Å². The zero-order chi connectivity index (χ0) is 21.4. The van der Waals surface area contributed by atoms with Crippen LogP contribution < -0.4 is 0 Å². The third-order valence-corrected chi connectivity index (χ3v) is 15.3. The van der Waals surface area contributed by atoms with Gasteiger partial charge in [0.2, 0.25) is 0 Å². The average molecular weight is 419 g/mol. The Morgan fingerprint density at radius 2 is 1.62 bits per heavy atom. The Morgan fingerprint density at radius 3 is 2.28 bits per heavy atom. The SMILES string of the molecule is CC1(C)[C@@H](O[Si](C)(C)C(C)(C)C)CC[C@]2(C)[C@H]3CC[C@H]4C(=O)CC[C@H]4[C@@H]3CC[C@@H]12. The molecule has 3 heteroatoms. The summed E-state index contributed by atoms with van der Waals surface area (Å²) in [6, 6.07) is 0. The summed E-state index contributed by atoms with van der Waals surface area (Å²) in [5, 5.41) is 0.273. The Kier molecular flexibility index (Phi) is 5.26. The smallest absolute Gasteiger partial charge is 0.192 e. The molecule has 0 unspecified atom stereocenters. The van der Waals surface area contributed by atoms with Crippen molar-refractivity contribution in [2.24, 2.45) is 40.4 Å². The molecule has 4 rings (SSSR count). The largest absolute Gasteiger partial charge is 0.413 e. The van der Waals surface area contributed by atoms with Gasteiger partial charge in [0.25, 0.3) is 0 Å². The second-order valence-electron chi connectivity index (χ2n) is 13.5. The molecule has 4 fully saturated rings. The molecule has 0 aromatic carbocycles. The minimum absolute atomic E-state index is 0.246. The van der Waals surface area contributed by atoms with Crippen LogP contribution in [0.15, 0.2) is 0 Å². The summed E-state index contributed by atoms with van der Waals surface area (Å²) in [5.41, 5.74) is 0.687. The lowest BCUT2D eigenvalue weighted by atomic mass is 9.42. The molecule has 0 saturated heterocycles. The first-order valence-electron chi connectivity index (χ1n) is 12.5. The summed E-state index contributed by atoms with van der Waals surface area (Å²) in [7, 11) is -1.76. The number of rotatable bonds is 2. The maximum absolute atomic E-state index is 12.4. The van der Waals surface area contributed by atoms with Crippen molar-refractivity contribution in [1.82, 2.24) is 0 Å². The summed E-state index contributed by atoms with van der Waals surface area (Å²) < 4.78 is 7.07. The summed E-state index contributed by atoms with van der Waals surface area (Å²) in [6.07, 6.45) is 10.2. The van der Waals surface area contributed by atoms with Gasteiger partial charge in [0.15, 0.2) is 8.32 Å². The first-order chi connectivity index (χ1) is 13.3. The topological polar surface area (TPSA) is 26.3 Å². The Hall–Kier alpha value is -0.153. The Bertz CT molecular complexity index is 660.